The Balaban J connectivity index is 1.50. The van der Waals surface area contributed by atoms with Gasteiger partial charge in [0.2, 0.25) is 5.76 Å². The predicted octanol–water partition coefficient (Wildman–Crippen LogP) is 3.89. The lowest BCUT2D eigenvalue weighted by atomic mass is 10.2. The summed E-state index contributed by atoms with van der Waals surface area (Å²) in [5, 5.41) is 6.65. The molecule has 8 nitrogen and oxygen atoms in total. The van der Waals surface area contributed by atoms with E-state index in [1.165, 1.54) is 36.7 Å². The number of ether oxygens (including phenoxy) is 1. The molecule has 0 aliphatic heterocycles. The molecule has 3 aromatic rings. The molecular weight excluding hydrogens is 433 g/mol. The number of carbonyl (C=O) groups excluding carboxylic acids is 3. The molecule has 0 atom stereocenters. The number of nitrogens with one attached hydrogen (secondary N) is 2. The molecule has 0 saturated heterocycles. The van der Waals surface area contributed by atoms with Crippen molar-refractivity contribution in [3.8, 4) is 5.75 Å². The van der Waals surface area contributed by atoms with Crippen LogP contribution in [0.5, 0.6) is 5.75 Å². The number of nitrogens with zero attached hydrogens (tertiary/aromatic N) is 1. The van der Waals surface area contributed by atoms with Gasteiger partial charge < -0.3 is 14.5 Å². The van der Waals surface area contributed by atoms with Gasteiger partial charge in [-0.2, -0.15) is 5.10 Å². The van der Waals surface area contributed by atoms with E-state index in [-0.39, 0.29) is 10.8 Å². The molecule has 10 heteroatoms. The number of benzene rings is 2. The highest BCUT2D eigenvalue weighted by molar-refractivity contribution is 6.42. The SMILES string of the molecule is O=C(N/N=C/c1ccc(OC(=O)c2ccco2)cc1)C(=O)Nc1ccc(Cl)c(Cl)c1. The summed E-state index contributed by atoms with van der Waals surface area (Å²) in [6, 6.07) is 13.8. The lowest BCUT2D eigenvalue weighted by molar-refractivity contribution is -0.136. The minimum absolute atomic E-state index is 0.0856. The van der Waals surface area contributed by atoms with E-state index in [9.17, 15) is 14.4 Å². The number of carbonyl (C=O) groups is 3. The molecule has 0 unspecified atom stereocenters. The van der Waals surface area contributed by atoms with Crippen molar-refractivity contribution >= 4 is 52.9 Å². The van der Waals surface area contributed by atoms with E-state index in [0.29, 0.717) is 22.0 Å². The van der Waals surface area contributed by atoms with Crippen LogP contribution in [0.2, 0.25) is 10.0 Å². The van der Waals surface area contributed by atoms with Gasteiger partial charge in [0.1, 0.15) is 5.75 Å². The Morgan fingerprint density at radius 2 is 1.73 bits per heavy atom. The van der Waals surface area contributed by atoms with Crippen LogP contribution < -0.4 is 15.5 Å². The average molecular weight is 446 g/mol. The van der Waals surface area contributed by atoms with Gasteiger partial charge in [-0.1, -0.05) is 23.2 Å². The molecule has 0 fully saturated rings. The van der Waals surface area contributed by atoms with E-state index in [2.05, 4.69) is 15.8 Å². The van der Waals surface area contributed by atoms with E-state index in [1.54, 1.807) is 30.3 Å². The Bertz CT molecular complexity index is 1100. The lowest BCUT2D eigenvalue weighted by Crippen LogP contribution is -2.32. The highest BCUT2D eigenvalue weighted by Gasteiger charge is 2.14. The molecule has 2 N–H and O–H groups in total. The molecule has 0 bridgehead atoms. The Morgan fingerprint density at radius 1 is 0.967 bits per heavy atom. The molecule has 0 saturated carbocycles. The Hall–Kier alpha value is -3.62. The number of hydrogen-bond donors (Lipinski definition) is 2. The molecule has 3 rings (SSSR count). The zero-order valence-corrected chi connectivity index (χ0v) is 16.6. The van der Waals surface area contributed by atoms with Gasteiger partial charge in [-0.3, -0.25) is 9.59 Å². The molecule has 1 aromatic heterocycles. The molecule has 30 heavy (non-hydrogen) atoms. The third kappa shape index (κ3) is 5.69. The maximum Gasteiger partial charge on any atom is 0.379 e. The zero-order chi connectivity index (χ0) is 21.5. The van der Waals surface area contributed by atoms with Crippen LogP contribution in [-0.2, 0) is 9.59 Å². The molecule has 0 spiro atoms. The smallest absolute Gasteiger partial charge is 0.379 e. The zero-order valence-electron chi connectivity index (χ0n) is 15.1. The summed E-state index contributed by atoms with van der Waals surface area (Å²) in [7, 11) is 0. The summed E-state index contributed by atoms with van der Waals surface area (Å²) in [6.45, 7) is 0. The van der Waals surface area contributed by atoms with E-state index >= 15 is 0 Å². The number of rotatable bonds is 5. The van der Waals surface area contributed by atoms with Crippen molar-refractivity contribution in [1.29, 1.82) is 0 Å². The fourth-order valence-electron chi connectivity index (χ4n) is 2.15. The van der Waals surface area contributed by atoms with Crippen LogP contribution in [0.4, 0.5) is 5.69 Å². The van der Waals surface area contributed by atoms with E-state index in [0.717, 1.165) is 0 Å². The van der Waals surface area contributed by atoms with Crippen molar-refractivity contribution in [3.63, 3.8) is 0 Å². The maximum atomic E-state index is 11.9. The third-order valence-electron chi connectivity index (χ3n) is 3.58. The van der Waals surface area contributed by atoms with Gasteiger partial charge in [0.25, 0.3) is 0 Å². The van der Waals surface area contributed by atoms with Crippen molar-refractivity contribution < 1.29 is 23.5 Å². The molecule has 2 amide bonds. The topological polar surface area (TPSA) is 110 Å². The second-order valence-corrected chi connectivity index (χ2v) is 6.53. The van der Waals surface area contributed by atoms with Gasteiger partial charge >= 0.3 is 17.8 Å². The van der Waals surface area contributed by atoms with Gasteiger partial charge in [0.15, 0.2) is 0 Å². The van der Waals surface area contributed by atoms with Crippen molar-refractivity contribution in [2.45, 2.75) is 0 Å². The number of hydrogen-bond acceptors (Lipinski definition) is 6. The van der Waals surface area contributed by atoms with E-state index in [1.807, 2.05) is 0 Å². The van der Waals surface area contributed by atoms with E-state index in [4.69, 9.17) is 32.4 Å². The first-order chi connectivity index (χ1) is 14.4. The Kier molecular flexibility index (Phi) is 6.84. The first-order valence-corrected chi connectivity index (χ1v) is 9.13. The molecule has 2 aromatic carbocycles. The summed E-state index contributed by atoms with van der Waals surface area (Å²) in [4.78, 5) is 35.5. The van der Waals surface area contributed by atoms with Crippen LogP contribution in [-0.4, -0.2) is 24.0 Å². The third-order valence-corrected chi connectivity index (χ3v) is 4.32. The predicted molar refractivity (Wildman–Crippen MR) is 111 cm³/mol. The number of amides is 2. The maximum absolute atomic E-state index is 11.9. The second-order valence-electron chi connectivity index (χ2n) is 5.72. The van der Waals surface area contributed by atoms with E-state index < -0.39 is 17.8 Å². The summed E-state index contributed by atoms with van der Waals surface area (Å²) in [6.07, 6.45) is 2.69. The monoisotopic (exact) mass is 445 g/mol. The van der Waals surface area contributed by atoms with Gasteiger partial charge in [-0.15, -0.1) is 0 Å². The lowest BCUT2D eigenvalue weighted by Gasteiger charge is -2.05. The number of esters is 1. The average Bonchev–Trinajstić information content (AvgIpc) is 3.27. The highest BCUT2D eigenvalue weighted by atomic mass is 35.5. The van der Waals surface area contributed by atoms with Crippen LogP contribution in [0.25, 0.3) is 0 Å². The number of hydrazone groups is 1. The van der Waals surface area contributed by atoms with Crippen LogP contribution in [0, 0.1) is 0 Å². The number of anilines is 1. The van der Waals surface area contributed by atoms with Crippen molar-refractivity contribution in [2.24, 2.45) is 5.10 Å². The molecular formula is C20H13Cl2N3O5. The van der Waals surface area contributed by atoms with Gasteiger partial charge in [0.05, 0.1) is 22.5 Å². The summed E-state index contributed by atoms with van der Waals surface area (Å²) >= 11 is 11.6. The highest BCUT2D eigenvalue weighted by Crippen LogP contribution is 2.24. The van der Waals surface area contributed by atoms with Crippen molar-refractivity contribution in [1.82, 2.24) is 5.43 Å². The fourth-order valence-corrected chi connectivity index (χ4v) is 2.45. The number of furan rings is 1. The summed E-state index contributed by atoms with van der Waals surface area (Å²) in [5.74, 6) is -2.13. The number of halogens is 2. The molecule has 152 valence electrons. The van der Waals surface area contributed by atoms with Crippen molar-refractivity contribution in [3.05, 3.63) is 82.2 Å². The Morgan fingerprint density at radius 3 is 2.40 bits per heavy atom. The normalized spacial score (nSPS) is 10.6. The minimum atomic E-state index is -0.971. The first-order valence-electron chi connectivity index (χ1n) is 8.37. The van der Waals surface area contributed by atoms with Gasteiger partial charge in [0, 0.05) is 5.69 Å². The molecule has 1 heterocycles. The summed E-state index contributed by atoms with van der Waals surface area (Å²) < 4.78 is 10.1. The summed E-state index contributed by atoms with van der Waals surface area (Å²) in [5.41, 5.74) is 3.01. The quantitative estimate of drug-likeness (QED) is 0.203. The standard InChI is InChI=1S/C20H13Cl2N3O5/c21-15-8-5-13(10-16(15)22)24-18(26)19(27)25-23-11-12-3-6-14(7-4-12)30-20(28)17-2-1-9-29-17/h1-11H,(H,24,26)(H,25,27)/b23-11+. The first kappa shape index (κ1) is 21.1. The molecule has 0 radical (unpaired) electrons. The van der Waals surface area contributed by atoms with Gasteiger partial charge in [-0.05, 0) is 60.2 Å². The fraction of sp³-hybridized carbons (Fsp3) is 0. The van der Waals surface area contributed by atoms with Gasteiger partial charge in [-0.25, -0.2) is 10.2 Å². The van der Waals surface area contributed by atoms with Crippen LogP contribution in [0.15, 0.2) is 70.4 Å². The van der Waals surface area contributed by atoms with Crippen molar-refractivity contribution in [2.75, 3.05) is 5.32 Å². The largest absolute Gasteiger partial charge is 0.457 e. The van der Waals surface area contributed by atoms with Crippen LogP contribution in [0.3, 0.4) is 0 Å². The Labute approximate surface area is 180 Å². The molecule has 0 aliphatic carbocycles. The second kappa shape index (κ2) is 9.73. The van der Waals surface area contributed by atoms with Crippen LogP contribution in [0.1, 0.15) is 16.1 Å². The molecule has 0 aliphatic rings. The van der Waals surface area contributed by atoms with Crippen LogP contribution >= 0.6 is 23.2 Å². The minimum Gasteiger partial charge on any atom is -0.457 e.